The molecule has 2 aliphatic heterocycles. The van der Waals surface area contributed by atoms with Gasteiger partial charge in [0, 0.05) is 24.3 Å². The van der Waals surface area contributed by atoms with Crippen molar-refractivity contribution in [3.8, 4) is 0 Å². The van der Waals surface area contributed by atoms with Crippen LogP contribution in [0.3, 0.4) is 0 Å². The number of piperidine rings is 1. The van der Waals surface area contributed by atoms with Crippen LogP contribution in [0.5, 0.6) is 0 Å². The molecule has 0 saturated carbocycles. The summed E-state index contributed by atoms with van der Waals surface area (Å²) in [6, 6.07) is 14.2. The number of aromatic nitrogens is 3. The van der Waals surface area contributed by atoms with Gasteiger partial charge in [0.05, 0.1) is 6.54 Å². The number of anilines is 1. The first-order valence-electron chi connectivity index (χ1n) is 9.70. The number of nitrogens with zero attached hydrogens (tertiary/aromatic N) is 5. The lowest BCUT2D eigenvalue weighted by atomic mass is 9.96. The van der Waals surface area contributed by atoms with Crippen molar-refractivity contribution < 1.29 is 4.79 Å². The van der Waals surface area contributed by atoms with E-state index in [0.29, 0.717) is 12.5 Å². The zero-order chi connectivity index (χ0) is 18.2. The van der Waals surface area contributed by atoms with E-state index in [1.165, 1.54) is 5.56 Å². The molecular weight excluding hydrogens is 338 g/mol. The van der Waals surface area contributed by atoms with Crippen LogP contribution < -0.4 is 4.90 Å². The number of carbonyl (C=O) groups excluding carboxylic acids is 1. The van der Waals surface area contributed by atoms with Crippen molar-refractivity contribution in [3.05, 3.63) is 60.0 Å². The van der Waals surface area contributed by atoms with Crippen molar-refractivity contribution in [1.82, 2.24) is 19.5 Å². The second-order valence-electron chi connectivity index (χ2n) is 7.46. The van der Waals surface area contributed by atoms with E-state index in [4.69, 9.17) is 0 Å². The summed E-state index contributed by atoms with van der Waals surface area (Å²) >= 11 is 0. The van der Waals surface area contributed by atoms with E-state index in [9.17, 15) is 4.79 Å². The number of pyridine rings is 1. The fraction of sp³-hybridized carbons (Fsp3) is 0.381. The molecule has 2 aromatic heterocycles. The van der Waals surface area contributed by atoms with E-state index in [2.05, 4.69) is 31.6 Å². The highest BCUT2D eigenvalue weighted by Gasteiger charge is 2.29. The molecular formula is C21H23N5O. The van der Waals surface area contributed by atoms with E-state index in [1.807, 2.05) is 41.4 Å². The number of benzene rings is 1. The highest BCUT2D eigenvalue weighted by atomic mass is 16.2. The number of amides is 1. The lowest BCUT2D eigenvalue weighted by Gasteiger charge is -2.31. The minimum atomic E-state index is 0.214. The molecule has 0 unspecified atom stereocenters. The summed E-state index contributed by atoms with van der Waals surface area (Å²) in [5, 5.41) is 8.69. The summed E-state index contributed by atoms with van der Waals surface area (Å²) in [6.07, 6.45) is 5.02. The van der Waals surface area contributed by atoms with Crippen LogP contribution in [0, 0.1) is 0 Å². The Morgan fingerprint density at radius 2 is 1.81 bits per heavy atom. The number of para-hydroxylation sites is 1. The molecule has 138 valence electrons. The van der Waals surface area contributed by atoms with Crippen LogP contribution in [-0.2, 0) is 11.2 Å². The number of likely N-dealkylation sites (tertiary alicyclic amines) is 1. The Kier molecular flexibility index (Phi) is 4.13. The van der Waals surface area contributed by atoms with Gasteiger partial charge >= 0.3 is 0 Å². The highest BCUT2D eigenvalue weighted by Crippen LogP contribution is 2.29. The zero-order valence-corrected chi connectivity index (χ0v) is 15.3. The van der Waals surface area contributed by atoms with Crippen LogP contribution in [0.4, 0.5) is 5.69 Å². The van der Waals surface area contributed by atoms with Gasteiger partial charge in [-0.25, -0.2) is 0 Å². The van der Waals surface area contributed by atoms with Crippen molar-refractivity contribution in [3.63, 3.8) is 0 Å². The first kappa shape index (κ1) is 16.4. The first-order chi connectivity index (χ1) is 13.3. The molecule has 1 saturated heterocycles. The van der Waals surface area contributed by atoms with Gasteiger partial charge < -0.3 is 4.90 Å². The predicted octanol–water partition coefficient (Wildman–Crippen LogP) is 2.50. The largest absolute Gasteiger partial charge is 0.311 e. The van der Waals surface area contributed by atoms with E-state index in [-0.39, 0.29) is 5.91 Å². The topological polar surface area (TPSA) is 53.7 Å². The third kappa shape index (κ3) is 3.00. The number of carbonyl (C=O) groups is 1. The Bertz CT molecular complexity index is 973. The maximum absolute atomic E-state index is 12.8. The smallest absolute Gasteiger partial charge is 0.241 e. The van der Waals surface area contributed by atoms with Crippen LogP contribution in [0.25, 0.3) is 5.65 Å². The van der Waals surface area contributed by atoms with E-state index >= 15 is 0 Å². The molecule has 2 aliphatic rings. The maximum atomic E-state index is 12.8. The summed E-state index contributed by atoms with van der Waals surface area (Å²) in [6.45, 7) is 3.16. The van der Waals surface area contributed by atoms with Gasteiger partial charge in [-0.15, -0.1) is 10.2 Å². The van der Waals surface area contributed by atoms with Gasteiger partial charge in [-0.2, -0.15) is 0 Å². The van der Waals surface area contributed by atoms with Crippen LogP contribution in [0.2, 0.25) is 0 Å². The Hall–Kier alpha value is -2.73. The minimum Gasteiger partial charge on any atom is -0.311 e. The first-order valence-corrected chi connectivity index (χ1v) is 9.70. The highest BCUT2D eigenvalue weighted by molar-refractivity contribution is 5.96. The number of hydrogen-bond donors (Lipinski definition) is 0. The average Bonchev–Trinajstić information content (AvgIpc) is 3.33. The van der Waals surface area contributed by atoms with Gasteiger partial charge in [0.25, 0.3) is 0 Å². The van der Waals surface area contributed by atoms with Crippen molar-refractivity contribution in [2.24, 2.45) is 0 Å². The van der Waals surface area contributed by atoms with Crippen molar-refractivity contribution >= 4 is 17.2 Å². The van der Waals surface area contributed by atoms with Crippen LogP contribution in [-0.4, -0.2) is 51.6 Å². The van der Waals surface area contributed by atoms with Gasteiger partial charge in [-0.3, -0.25) is 14.1 Å². The molecule has 0 bridgehead atoms. The molecule has 6 heteroatoms. The minimum absolute atomic E-state index is 0.214. The summed E-state index contributed by atoms with van der Waals surface area (Å²) in [4.78, 5) is 17.1. The third-order valence-electron chi connectivity index (χ3n) is 5.84. The van der Waals surface area contributed by atoms with E-state index < -0.39 is 0 Å². The van der Waals surface area contributed by atoms with Crippen LogP contribution in [0.15, 0.2) is 48.7 Å². The molecule has 1 aromatic carbocycles. The standard InChI is InChI=1S/C21H23N5O/c27-20(25-14-10-16-5-1-2-6-18(16)25)15-24-12-8-17(9-13-24)21-23-22-19-7-3-4-11-26(19)21/h1-7,11,17H,8-10,12-15H2. The predicted molar refractivity (Wildman–Crippen MR) is 104 cm³/mol. The zero-order valence-electron chi connectivity index (χ0n) is 15.3. The van der Waals surface area contributed by atoms with Crippen molar-refractivity contribution in [2.75, 3.05) is 31.1 Å². The number of fused-ring (bicyclic) bond motifs is 2. The SMILES string of the molecule is O=C(CN1CCC(c2nnc3ccccn23)CC1)N1CCc2ccccc21. The molecule has 0 spiro atoms. The lowest BCUT2D eigenvalue weighted by Crippen LogP contribution is -2.43. The molecule has 27 heavy (non-hydrogen) atoms. The van der Waals surface area contributed by atoms with Gasteiger partial charge in [0.2, 0.25) is 5.91 Å². The van der Waals surface area contributed by atoms with E-state index in [0.717, 1.165) is 56.1 Å². The fourth-order valence-corrected chi connectivity index (χ4v) is 4.36. The Morgan fingerprint density at radius 1 is 1.00 bits per heavy atom. The summed E-state index contributed by atoms with van der Waals surface area (Å²) in [7, 11) is 0. The Morgan fingerprint density at radius 3 is 2.70 bits per heavy atom. The second-order valence-corrected chi connectivity index (χ2v) is 7.46. The average molecular weight is 361 g/mol. The van der Waals surface area contributed by atoms with Gasteiger partial charge in [0.15, 0.2) is 5.65 Å². The molecule has 0 atom stereocenters. The molecule has 5 rings (SSSR count). The summed E-state index contributed by atoms with van der Waals surface area (Å²) < 4.78 is 2.09. The molecule has 1 fully saturated rings. The van der Waals surface area contributed by atoms with Crippen molar-refractivity contribution in [2.45, 2.75) is 25.2 Å². The number of hydrogen-bond acceptors (Lipinski definition) is 4. The molecule has 3 aromatic rings. The Balaban J connectivity index is 1.22. The number of rotatable bonds is 3. The van der Waals surface area contributed by atoms with Crippen LogP contribution >= 0.6 is 0 Å². The Labute approximate surface area is 158 Å². The van der Waals surface area contributed by atoms with Crippen molar-refractivity contribution in [1.29, 1.82) is 0 Å². The molecule has 4 heterocycles. The molecule has 0 radical (unpaired) electrons. The normalized spacial score (nSPS) is 18.1. The maximum Gasteiger partial charge on any atom is 0.241 e. The van der Waals surface area contributed by atoms with E-state index in [1.54, 1.807) is 0 Å². The van der Waals surface area contributed by atoms with Gasteiger partial charge in [-0.05, 0) is 56.1 Å². The molecule has 0 N–H and O–H groups in total. The molecule has 6 nitrogen and oxygen atoms in total. The fourth-order valence-electron chi connectivity index (χ4n) is 4.36. The summed E-state index contributed by atoms with van der Waals surface area (Å²) in [5.74, 6) is 1.66. The molecule has 1 amide bonds. The summed E-state index contributed by atoms with van der Waals surface area (Å²) in [5.41, 5.74) is 3.27. The third-order valence-corrected chi connectivity index (χ3v) is 5.84. The molecule has 0 aliphatic carbocycles. The van der Waals surface area contributed by atoms with Gasteiger partial charge in [-0.1, -0.05) is 24.3 Å². The monoisotopic (exact) mass is 361 g/mol. The van der Waals surface area contributed by atoms with Gasteiger partial charge in [0.1, 0.15) is 5.82 Å². The second kappa shape index (κ2) is 6.78. The quantitative estimate of drug-likeness (QED) is 0.719. The lowest BCUT2D eigenvalue weighted by molar-refractivity contribution is -0.119. The van der Waals surface area contributed by atoms with Crippen LogP contribution in [0.1, 0.15) is 30.1 Å².